The minimum atomic E-state index is -2.54. The average Bonchev–Trinajstić information content (AvgIpc) is 3.22. The standard InChI is InChI=1S/C26H32F2N4O/c1-4-18-14-19-6-5-10-31(24(19)15-21(18)25(27)28)26-22-16-30(17(2)3)11-7-23(22)32(29-26)20-8-12-33-13-9-20/h4,14-15,20,25H,1-2,5-13,16H2,3H3. The summed E-state index contributed by atoms with van der Waals surface area (Å²) in [6.45, 7) is 13.9. The third-order valence-corrected chi connectivity index (χ3v) is 7.25. The molecule has 176 valence electrons. The molecule has 1 aromatic heterocycles. The van der Waals surface area contributed by atoms with Crippen LogP contribution in [0, 0.1) is 0 Å². The summed E-state index contributed by atoms with van der Waals surface area (Å²) in [5, 5.41) is 5.17. The summed E-state index contributed by atoms with van der Waals surface area (Å²) in [5.41, 5.74) is 6.02. The van der Waals surface area contributed by atoms with Crippen molar-refractivity contribution >= 4 is 17.6 Å². The van der Waals surface area contributed by atoms with Crippen molar-refractivity contribution in [2.24, 2.45) is 0 Å². The van der Waals surface area contributed by atoms with Crippen LogP contribution in [0.15, 0.2) is 31.0 Å². The Labute approximate surface area is 194 Å². The van der Waals surface area contributed by atoms with E-state index in [9.17, 15) is 8.78 Å². The molecular weight excluding hydrogens is 422 g/mol. The van der Waals surface area contributed by atoms with Crippen LogP contribution < -0.4 is 4.90 Å². The van der Waals surface area contributed by atoms with Gasteiger partial charge in [0, 0.05) is 67.5 Å². The van der Waals surface area contributed by atoms with E-state index in [4.69, 9.17) is 9.84 Å². The first-order valence-electron chi connectivity index (χ1n) is 11.9. The highest BCUT2D eigenvalue weighted by molar-refractivity contribution is 5.72. The predicted octanol–water partition coefficient (Wildman–Crippen LogP) is 5.79. The van der Waals surface area contributed by atoms with Crippen molar-refractivity contribution in [1.82, 2.24) is 14.7 Å². The fourth-order valence-electron chi connectivity index (χ4n) is 5.46. The van der Waals surface area contributed by atoms with E-state index >= 15 is 0 Å². The Bertz CT molecular complexity index is 1070. The molecule has 3 aliphatic rings. The lowest BCUT2D eigenvalue weighted by molar-refractivity contribution is 0.0651. The Morgan fingerprint density at radius 2 is 2.00 bits per heavy atom. The van der Waals surface area contributed by atoms with Gasteiger partial charge in [0.2, 0.25) is 0 Å². The first kappa shape index (κ1) is 22.1. The van der Waals surface area contributed by atoms with Crippen LogP contribution in [0.25, 0.3) is 6.08 Å². The van der Waals surface area contributed by atoms with E-state index in [1.54, 1.807) is 6.07 Å². The Morgan fingerprint density at radius 3 is 2.70 bits per heavy atom. The van der Waals surface area contributed by atoms with E-state index < -0.39 is 6.43 Å². The quantitative estimate of drug-likeness (QED) is 0.573. The number of benzene rings is 1. The van der Waals surface area contributed by atoms with E-state index in [2.05, 4.69) is 27.6 Å². The molecule has 0 bridgehead atoms. The van der Waals surface area contributed by atoms with Crippen LogP contribution in [0.3, 0.4) is 0 Å². The summed E-state index contributed by atoms with van der Waals surface area (Å²) in [4.78, 5) is 4.46. The van der Waals surface area contributed by atoms with Crippen molar-refractivity contribution in [2.75, 3.05) is 31.2 Å². The summed E-state index contributed by atoms with van der Waals surface area (Å²) < 4.78 is 35.5. The zero-order valence-corrected chi connectivity index (χ0v) is 19.3. The molecule has 1 fully saturated rings. The van der Waals surface area contributed by atoms with Crippen molar-refractivity contribution in [2.45, 2.75) is 58.0 Å². The first-order chi connectivity index (χ1) is 16.0. The Hall–Kier alpha value is -2.67. The van der Waals surface area contributed by atoms with Crippen molar-refractivity contribution in [3.8, 4) is 0 Å². The molecule has 2 aromatic rings. The van der Waals surface area contributed by atoms with Gasteiger partial charge in [0.25, 0.3) is 6.43 Å². The molecule has 0 radical (unpaired) electrons. The van der Waals surface area contributed by atoms with Gasteiger partial charge in [-0.1, -0.05) is 19.2 Å². The van der Waals surface area contributed by atoms with Gasteiger partial charge in [0.15, 0.2) is 5.82 Å². The molecule has 5 rings (SSSR count). The number of alkyl halides is 2. The van der Waals surface area contributed by atoms with Gasteiger partial charge in [-0.05, 0) is 55.9 Å². The van der Waals surface area contributed by atoms with Crippen LogP contribution in [0.5, 0.6) is 0 Å². The van der Waals surface area contributed by atoms with Gasteiger partial charge in [-0.3, -0.25) is 4.68 Å². The SMILES string of the molecule is C=Cc1cc2c(cc1C(F)F)N(c1nn(C3CCOCC3)c3c1CN(C(=C)C)CC3)CCC2. The van der Waals surface area contributed by atoms with Crippen molar-refractivity contribution in [3.63, 3.8) is 0 Å². The van der Waals surface area contributed by atoms with Crippen molar-refractivity contribution in [3.05, 3.63) is 58.9 Å². The molecule has 33 heavy (non-hydrogen) atoms. The molecule has 1 aromatic carbocycles. The molecule has 0 atom stereocenters. The van der Waals surface area contributed by atoms with Crippen LogP contribution in [0.1, 0.15) is 66.6 Å². The van der Waals surface area contributed by atoms with E-state index in [0.29, 0.717) is 11.6 Å². The second kappa shape index (κ2) is 8.93. The average molecular weight is 455 g/mol. The lowest BCUT2D eigenvalue weighted by Gasteiger charge is -2.34. The molecule has 0 saturated carbocycles. The molecule has 0 unspecified atom stereocenters. The largest absolute Gasteiger partial charge is 0.381 e. The molecule has 1 saturated heterocycles. The number of anilines is 2. The summed E-state index contributed by atoms with van der Waals surface area (Å²) in [7, 11) is 0. The molecule has 5 nitrogen and oxygen atoms in total. The second-order valence-electron chi connectivity index (χ2n) is 9.31. The van der Waals surface area contributed by atoms with Gasteiger partial charge < -0.3 is 14.5 Å². The second-order valence-corrected chi connectivity index (χ2v) is 9.31. The molecule has 0 spiro atoms. The Morgan fingerprint density at radius 1 is 1.21 bits per heavy atom. The van der Waals surface area contributed by atoms with Crippen LogP contribution in [0.4, 0.5) is 20.3 Å². The normalized spacial score (nSPS) is 18.9. The van der Waals surface area contributed by atoms with Crippen LogP contribution >= 0.6 is 0 Å². The number of rotatable bonds is 5. The Kier molecular flexibility index (Phi) is 5.99. The zero-order chi connectivity index (χ0) is 23.1. The van der Waals surface area contributed by atoms with Gasteiger partial charge in [-0.2, -0.15) is 5.10 Å². The lowest BCUT2D eigenvalue weighted by atomic mass is 9.95. The summed E-state index contributed by atoms with van der Waals surface area (Å²) in [6, 6.07) is 3.87. The number of fused-ring (bicyclic) bond motifs is 2. The molecular formula is C26H32F2N4O. The monoisotopic (exact) mass is 454 g/mol. The van der Waals surface area contributed by atoms with E-state index in [1.807, 2.05) is 13.0 Å². The number of aromatic nitrogens is 2. The molecule has 7 heteroatoms. The number of ether oxygens (including phenoxy) is 1. The van der Waals surface area contributed by atoms with Gasteiger partial charge in [0.1, 0.15) is 0 Å². The number of allylic oxidation sites excluding steroid dienone is 1. The number of hydrogen-bond acceptors (Lipinski definition) is 4. The number of hydrogen-bond donors (Lipinski definition) is 0. The van der Waals surface area contributed by atoms with E-state index in [-0.39, 0.29) is 5.56 Å². The highest BCUT2D eigenvalue weighted by Crippen LogP contribution is 2.42. The topological polar surface area (TPSA) is 33.5 Å². The molecule has 0 amide bonds. The third kappa shape index (κ3) is 3.97. The van der Waals surface area contributed by atoms with Gasteiger partial charge in [0.05, 0.1) is 6.04 Å². The third-order valence-electron chi connectivity index (χ3n) is 7.25. The number of halogens is 2. The maximum absolute atomic E-state index is 13.9. The minimum absolute atomic E-state index is 0.0388. The first-order valence-corrected chi connectivity index (χ1v) is 11.9. The van der Waals surface area contributed by atoms with E-state index in [0.717, 1.165) is 87.7 Å². The fourth-order valence-corrected chi connectivity index (χ4v) is 5.46. The van der Waals surface area contributed by atoms with Gasteiger partial charge >= 0.3 is 0 Å². The van der Waals surface area contributed by atoms with Crippen LogP contribution in [-0.4, -0.2) is 41.0 Å². The maximum atomic E-state index is 13.9. The smallest absolute Gasteiger partial charge is 0.264 e. The predicted molar refractivity (Wildman–Crippen MR) is 127 cm³/mol. The molecule has 4 heterocycles. The van der Waals surface area contributed by atoms with Gasteiger partial charge in [-0.15, -0.1) is 0 Å². The minimum Gasteiger partial charge on any atom is -0.381 e. The summed E-state index contributed by atoms with van der Waals surface area (Å²) in [6.07, 6.45) is 3.63. The van der Waals surface area contributed by atoms with Gasteiger partial charge in [-0.25, -0.2) is 8.78 Å². The van der Waals surface area contributed by atoms with Crippen LogP contribution in [-0.2, 0) is 24.1 Å². The fraction of sp³-hybridized carbons (Fsp3) is 0.500. The summed E-state index contributed by atoms with van der Waals surface area (Å²) >= 11 is 0. The van der Waals surface area contributed by atoms with Crippen molar-refractivity contribution in [1.29, 1.82) is 0 Å². The lowest BCUT2D eigenvalue weighted by Crippen LogP contribution is -2.32. The molecule has 0 N–H and O–H groups in total. The molecule has 0 aliphatic carbocycles. The van der Waals surface area contributed by atoms with E-state index in [1.165, 1.54) is 17.3 Å². The molecule has 3 aliphatic heterocycles. The Balaban J connectivity index is 1.63. The zero-order valence-electron chi connectivity index (χ0n) is 19.3. The number of aryl methyl sites for hydroxylation is 1. The van der Waals surface area contributed by atoms with Crippen molar-refractivity contribution < 1.29 is 13.5 Å². The summed E-state index contributed by atoms with van der Waals surface area (Å²) in [5.74, 6) is 0.912. The highest BCUT2D eigenvalue weighted by Gasteiger charge is 2.33. The number of nitrogens with zero attached hydrogens (tertiary/aromatic N) is 4. The van der Waals surface area contributed by atoms with Crippen LogP contribution in [0.2, 0.25) is 0 Å². The highest BCUT2D eigenvalue weighted by atomic mass is 19.3. The maximum Gasteiger partial charge on any atom is 0.264 e.